The minimum atomic E-state index is 0.875. The molecular weight excluding hydrogens is 677 g/mol. The van der Waals surface area contributed by atoms with E-state index in [1.807, 2.05) is 11.3 Å². The van der Waals surface area contributed by atoms with Crippen LogP contribution in [0.15, 0.2) is 186 Å². The van der Waals surface area contributed by atoms with Crippen LogP contribution in [0.25, 0.3) is 109 Å². The van der Waals surface area contributed by atoms with Crippen molar-refractivity contribution in [2.45, 2.75) is 0 Å². The molecule has 0 saturated heterocycles. The molecule has 54 heavy (non-hydrogen) atoms. The standard InChI is InChI=1S/C50H30N2OS/c1-2-11-34(12-3-1)52-43-18-8-5-14-38(43)49-39-27-23-32(30-45(39)53-50(49)52)31-21-25-35(26-22-31)51-42-17-7-4-13-37(42)41-29-33(24-28-44(41)51)36-16-10-20-47-48(36)40-15-6-9-19-46(40)54-47/h1-30H. The van der Waals surface area contributed by atoms with Gasteiger partial charge in [0.05, 0.1) is 21.9 Å². The number of aromatic nitrogens is 2. The lowest BCUT2D eigenvalue weighted by Gasteiger charge is -2.10. The van der Waals surface area contributed by atoms with Crippen LogP contribution in [-0.2, 0) is 0 Å². The number of thiophene rings is 1. The molecule has 0 aliphatic heterocycles. The lowest BCUT2D eigenvalue weighted by molar-refractivity contribution is 0.645. The van der Waals surface area contributed by atoms with Crippen molar-refractivity contribution in [1.82, 2.24) is 9.13 Å². The molecule has 12 aromatic rings. The van der Waals surface area contributed by atoms with E-state index in [1.54, 1.807) is 0 Å². The first kappa shape index (κ1) is 29.7. The van der Waals surface area contributed by atoms with E-state index in [1.165, 1.54) is 58.5 Å². The molecule has 252 valence electrons. The maximum atomic E-state index is 6.71. The molecule has 0 N–H and O–H groups in total. The second-order valence-corrected chi connectivity index (χ2v) is 15.2. The maximum Gasteiger partial charge on any atom is 0.213 e. The predicted octanol–water partition coefficient (Wildman–Crippen LogP) is 14.3. The molecule has 0 unspecified atom stereocenters. The smallest absolute Gasteiger partial charge is 0.213 e. The van der Waals surface area contributed by atoms with E-state index in [0.717, 1.165) is 50.1 Å². The molecule has 0 aliphatic rings. The Morgan fingerprint density at radius 1 is 0.370 bits per heavy atom. The Morgan fingerprint density at radius 3 is 1.87 bits per heavy atom. The van der Waals surface area contributed by atoms with Gasteiger partial charge in [-0.15, -0.1) is 11.3 Å². The fraction of sp³-hybridized carbons (Fsp3) is 0. The highest BCUT2D eigenvalue weighted by Crippen LogP contribution is 2.43. The molecule has 3 nitrogen and oxygen atoms in total. The number of hydrogen-bond acceptors (Lipinski definition) is 2. The van der Waals surface area contributed by atoms with E-state index in [4.69, 9.17) is 4.42 Å². The van der Waals surface area contributed by atoms with Gasteiger partial charge in [-0.3, -0.25) is 4.57 Å². The fourth-order valence-electron chi connectivity index (χ4n) is 8.74. The third-order valence-corrected chi connectivity index (χ3v) is 12.3. The summed E-state index contributed by atoms with van der Waals surface area (Å²) in [5.74, 6) is 0. The van der Waals surface area contributed by atoms with Gasteiger partial charge in [-0.25, -0.2) is 0 Å². The Balaban J connectivity index is 0.965. The van der Waals surface area contributed by atoms with E-state index in [9.17, 15) is 0 Å². The third kappa shape index (κ3) is 4.23. The number of nitrogens with zero attached hydrogens (tertiary/aromatic N) is 2. The average molecular weight is 707 g/mol. The summed E-state index contributed by atoms with van der Waals surface area (Å²) >= 11 is 1.87. The number of furan rings is 1. The van der Waals surface area contributed by atoms with Crippen LogP contribution < -0.4 is 0 Å². The van der Waals surface area contributed by atoms with Crippen molar-refractivity contribution in [1.29, 1.82) is 0 Å². The van der Waals surface area contributed by atoms with Crippen LogP contribution in [0.1, 0.15) is 0 Å². The molecule has 0 atom stereocenters. The summed E-state index contributed by atoms with van der Waals surface area (Å²) in [5, 5.41) is 8.65. The highest BCUT2D eigenvalue weighted by Gasteiger charge is 2.20. The molecule has 0 saturated carbocycles. The lowest BCUT2D eigenvalue weighted by atomic mass is 9.98. The van der Waals surface area contributed by atoms with Crippen LogP contribution in [0.2, 0.25) is 0 Å². The second-order valence-electron chi connectivity index (χ2n) is 14.1. The first-order valence-electron chi connectivity index (χ1n) is 18.3. The molecule has 0 amide bonds. The number of benzene rings is 8. The van der Waals surface area contributed by atoms with Crippen molar-refractivity contribution in [3.63, 3.8) is 0 Å². The summed E-state index contributed by atoms with van der Waals surface area (Å²) in [5.41, 5.74) is 12.3. The van der Waals surface area contributed by atoms with Gasteiger partial charge in [-0.2, -0.15) is 0 Å². The van der Waals surface area contributed by atoms with Crippen molar-refractivity contribution < 1.29 is 4.42 Å². The third-order valence-electron chi connectivity index (χ3n) is 11.1. The van der Waals surface area contributed by atoms with Gasteiger partial charge in [0.15, 0.2) is 0 Å². The predicted molar refractivity (Wildman–Crippen MR) is 229 cm³/mol. The van der Waals surface area contributed by atoms with Gasteiger partial charge in [-0.05, 0) is 95.1 Å². The normalized spacial score (nSPS) is 12.1. The minimum Gasteiger partial charge on any atom is -0.439 e. The molecule has 4 heteroatoms. The SMILES string of the molecule is c1ccc(-n2c3ccccc3c3c4ccc(-c5ccc(-n6c7ccccc7c7cc(-c8cccc9sc%10ccccc%10c89)ccc76)cc5)cc4oc32)cc1. The van der Waals surface area contributed by atoms with Crippen molar-refractivity contribution in [2.75, 3.05) is 0 Å². The summed E-state index contributed by atoms with van der Waals surface area (Å²) in [6, 6.07) is 65.8. The largest absolute Gasteiger partial charge is 0.439 e. The van der Waals surface area contributed by atoms with Crippen molar-refractivity contribution in [3.05, 3.63) is 182 Å². The van der Waals surface area contributed by atoms with Gasteiger partial charge in [0, 0.05) is 53.1 Å². The number of para-hydroxylation sites is 3. The molecule has 0 spiro atoms. The van der Waals surface area contributed by atoms with Gasteiger partial charge < -0.3 is 8.98 Å². The molecule has 0 aliphatic carbocycles. The van der Waals surface area contributed by atoms with E-state index in [2.05, 4.69) is 191 Å². The van der Waals surface area contributed by atoms with Gasteiger partial charge in [0.25, 0.3) is 0 Å². The number of hydrogen-bond donors (Lipinski definition) is 0. The molecule has 12 rings (SSSR count). The first-order chi connectivity index (χ1) is 26.8. The van der Waals surface area contributed by atoms with E-state index < -0.39 is 0 Å². The van der Waals surface area contributed by atoms with Gasteiger partial charge >= 0.3 is 0 Å². The van der Waals surface area contributed by atoms with Crippen molar-refractivity contribution >= 4 is 86.3 Å². The Kier molecular flexibility index (Phi) is 6.21. The zero-order chi connectivity index (χ0) is 35.3. The summed E-state index contributed by atoms with van der Waals surface area (Å²) in [6.45, 7) is 0. The summed E-state index contributed by atoms with van der Waals surface area (Å²) in [7, 11) is 0. The molecule has 0 radical (unpaired) electrons. The number of fused-ring (bicyclic) bond motifs is 11. The Hall–Kier alpha value is -6.88. The molecule has 8 aromatic carbocycles. The van der Waals surface area contributed by atoms with E-state index in [0.29, 0.717) is 0 Å². The highest BCUT2D eigenvalue weighted by atomic mass is 32.1. The van der Waals surface area contributed by atoms with Crippen LogP contribution in [0.4, 0.5) is 0 Å². The van der Waals surface area contributed by atoms with Gasteiger partial charge in [0.1, 0.15) is 5.58 Å². The van der Waals surface area contributed by atoms with Gasteiger partial charge in [0.2, 0.25) is 5.71 Å². The summed E-state index contributed by atoms with van der Waals surface area (Å²) < 4.78 is 14.0. The van der Waals surface area contributed by atoms with Crippen molar-refractivity contribution in [3.8, 4) is 33.6 Å². The zero-order valence-corrected chi connectivity index (χ0v) is 29.8. The Morgan fingerprint density at radius 2 is 1.02 bits per heavy atom. The Labute approximate surface area is 314 Å². The van der Waals surface area contributed by atoms with E-state index in [-0.39, 0.29) is 0 Å². The molecule has 4 aromatic heterocycles. The van der Waals surface area contributed by atoms with Crippen LogP contribution in [0.5, 0.6) is 0 Å². The van der Waals surface area contributed by atoms with Crippen molar-refractivity contribution in [2.24, 2.45) is 0 Å². The quantitative estimate of drug-likeness (QED) is 0.179. The Bertz CT molecular complexity index is 3430. The van der Waals surface area contributed by atoms with Crippen LogP contribution in [0, 0.1) is 0 Å². The summed E-state index contributed by atoms with van der Waals surface area (Å²) in [6.07, 6.45) is 0. The first-order valence-corrected chi connectivity index (χ1v) is 19.2. The molecular formula is C50H30N2OS. The fourth-order valence-corrected chi connectivity index (χ4v) is 9.87. The highest BCUT2D eigenvalue weighted by molar-refractivity contribution is 7.25. The molecule has 0 bridgehead atoms. The average Bonchev–Trinajstić information content (AvgIpc) is 3.98. The number of rotatable bonds is 4. The molecule has 0 fully saturated rings. The monoisotopic (exact) mass is 706 g/mol. The maximum absolute atomic E-state index is 6.71. The van der Waals surface area contributed by atoms with Gasteiger partial charge in [-0.1, -0.05) is 109 Å². The zero-order valence-electron chi connectivity index (χ0n) is 29.0. The topological polar surface area (TPSA) is 23.0 Å². The van der Waals surface area contributed by atoms with Crippen LogP contribution in [-0.4, -0.2) is 9.13 Å². The van der Waals surface area contributed by atoms with Crippen LogP contribution >= 0.6 is 11.3 Å². The van der Waals surface area contributed by atoms with Crippen LogP contribution in [0.3, 0.4) is 0 Å². The second kappa shape index (κ2) is 11.3. The summed E-state index contributed by atoms with van der Waals surface area (Å²) in [4.78, 5) is 0. The van der Waals surface area contributed by atoms with E-state index >= 15 is 0 Å². The lowest BCUT2D eigenvalue weighted by Crippen LogP contribution is -1.93. The molecule has 4 heterocycles. The minimum absolute atomic E-state index is 0.875.